The lowest BCUT2D eigenvalue weighted by molar-refractivity contribution is 0.0373. The van der Waals surface area contributed by atoms with E-state index in [2.05, 4.69) is 48.3 Å². The molecule has 1 fully saturated rings. The van der Waals surface area contributed by atoms with Gasteiger partial charge in [-0.2, -0.15) is 5.10 Å². The Labute approximate surface area is 187 Å². The molecule has 0 saturated carbocycles. The number of hydrogen-bond acceptors (Lipinski definition) is 4. The Kier molecular flexibility index (Phi) is 12.0. The van der Waals surface area contributed by atoms with Crippen molar-refractivity contribution in [3.63, 3.8) is 0 Å². The standard InChI is InChI=1S/C20H38N6O.HI/c1-6-21-20(22-9-7-8-10-26-11-13-27-14-12-26)23-16(2)15-19-17(3)24-25(5)18(19)4;/h16H,6-15H2,1-5H3,(H2,21,22,23);1H. The van der Waals surface area contributed by atoms with Gasteiger partial charge in [0.15, 0.2) is 5.96 Å². The maximum atomic E-state index is 5.40. The molecule has 0 aliphatic carbocycles. The molecule has 0 spiro atoms. The number of ether oxygens (including phenoxy) is 1. The number of nitrogens with zero attached hydrogens (tertiary/aromatic N) is 4. The molecule has 0 radical (unpaired) electrons. The zero-order valence-electron chi connectivity index (χ0n) is 18.3. The van der Waals surface area contributed by atoms with Crippen LogP contribution in [0.4, 0.5) is 0 Å². The molecule has 8 heteroatoms. The van der Waals surface area contributed by atoms with Crippen LogP contribution in [-0.4, -0.2) is 72.6 Å². The summed E-state index contributed by atoms with van der Waals surface area (Å²) in [5.74, 6) is 0.913. The number of morpholine rings is 1. The zero-order valence-corrected chi connectivity index (χ0v) is 20.6. The number of aryl methyl sites for hydroxylation is 2. The summed E-state index contributed by atoms with van der Waals surface area (Å²) < 4.78 is 7.36. The molecule has 1 aliphatic heterocycles. The Balaban J connectivity index is 0.00000392. The van der Waals surface area contributed by atoms with E-state index < -0.39 is 0 Å². The van der Waals surface area contributed by atoms with Gasteiger partial charge in [-0.3, -0.25) is 14.6 Å². The zero-order chi connectivity index (χ0) is 19.6. The first-order chi connectivity index (χ1) is 13.0. The van der Waals surface area contributed by atoms with Crippen LogP contribution in [0, 0.1) is 13.8 Å². The maximum absolute atomic E-state index is 5.40. The van der Waals surface area contributed by atoms with Crippen LogP contribution in [0.15, 0.2) is 4.99 Å². The Morgan fingerprint density at radius 2 is 1.96 bits per heavy atom. The lowest BCUT2D eigenvalue weighted by atomic mass is 10.1. The minimum Gasteiger partial charge on any atom is -0.379 e. The molecule has 162 valence electrons. The fraction of sp³-hybridized carbons (Fsp3) is 0.800. The molecule has 2 rings (SSSR count). The van der Waals surface area contributed by atoms with Gasteiger partial charge < -0.3 is 15.4 Å². The maximum Gasteiger partial charge on any atom is 0.191 e. The van der Waals surface area contributed by atoms with E-state index in [1.54, 1.807) is 0 Å². The van der Waals surface area contributed by atoms with Crippen molar-refractivity contribution in [1.82, 2.24) is 25.3 Å². The van der Waals surface area contributed by atoms with Crippen LogP contribution in [0.25, 0.3) is 0 Å². The summed E-state index contributed by atoms with van der Waals surface area (Å²) in [5.41, 5.74) is 3.69. The van der Waals surface area contributed by atoms with Crippen molar-refractivity contribution in [1.29, 1.82) is 0 Å². The Morgan fingerprint density at radius 3 is 2.57 bits per heavy atom. The van der Waals surface area contributed by atoms with Gasteiger partial charge in [-0.25, -0.2) is 0 Å². The summed E-state index contributed by atoms with van der Waals surface area (Å²) >= 11 is 0. The molecule has 28 heavy (non-hydrogen) atoms. The van der Waals surface area contributed by atoms with Crippen LogP contribution < -0.4 is 10.6 Å². The van der Waals surface area contributed by atoms with Crippen LogP contribution in [0.5, 0.6) is 0 Å². The number of halogens is 1. The highest BCUT2D eigenvalue weighted by Crippen LogP contribution is 2.14. The summed E-state index contributed by atoms with van der Waals surface area (Å²) in [5, 5.41) is 11.4. The normalized spacial score (nSPS) is 16.5. The Bertz CT molecular complexity index is 598. The van der Waals surface area contributed by atoms with E-state index in [9.17, 15) is 0 Å². The van der Waals surface area contributed by atoms with Gasteiger partial charge in [0.2, 0.25) is 0 Å². The van der Waals surface area contributed by atoms with Crippen molar-refractivity contribution in [3.05, 3.63) is 17.0 Å². The second-order valence-corrected chi connectivity index (χ2v) is 7.44. The molecular weight excluding hydrogens is 467 g/mol. The van der Waals surface area contributed by atoms with Crippen molar-refractivity contribution >= 4 is 29.9 Å². The number of aliphatic imine (C=N–C) groups is 1. The second kappa shape index (κ2) is 13.4. The highest BCUT2D eigenvalue weighted by Gasteiger charge is 2.14. The van der Waals surface area contributed by atoms with Crippen LogP contribution in [0.2, 0.25) is 0 Å². The first kappa shape index (κ1) is 25.2. The van der Waals surface area contributed by atoms with Gasteiger partial charge in [0.25, 0.3) is 0 Å². The number of guanidine groups is 1. The van der Waals surface area contributed by atoms with Crippen molar-refractivity contribution in [2.75, 3.05) is 45.9 Å². The van der Waals surface area contributed by atoms with E-state index in [1.807, 2.05) is 11.7 Å². The minimum absolute atomic E-state index is 0. The molecule has 2 heterocycles. The van der Waals surface area contributed by atoms with E-state index in [0.29, 0.717) is 6.04 Å². The first-order valence-corrected chi connectivity index (χ1v) is 10.3. The van der Waals surface area contributed by atoms with Crippen molar-refractivity contribution in [2.45, 2.75) is 53.0 Å². The number of rotatable bonds is 9. The van der Waals surface area contributed by atoms with E-state index >= 15 is 0 Å². The fourth-order valence-corrected chi connectivity index (χ4v) is 3.49. The van der Waals surface area contributed by atoms with Crippen LogP contribution >= 0.6 is 24.0 Å². The summed E-state index contributed by atoms with van der Waals surface area (Å²) in [7, 11) is 2.01. The van der Waals surface area contributed by atoms with Gasteiger partial charge in [0, 0.05) is 45.0 Å². The van der Waals surface area contributed by atoms with Gasteiger partial charge in [-0.05, 0) is 59.1 Å². The van der Waals surface area contributed by atoms with E-state index in [-0.39, 0.29) is 24.0 Å². The first-order valence-electron chi connectivity index (χ1n) is 10.3. The summed E-state index contributed by atoms with van der Waals surface area (Å²) in [6.45, 7) is 15.3. The SMILES string of the molecule is CCNC(=NCCCCN1CCOCC1)NC(C)Cc1c(C)nn(C)c1C.I. The molecule has 2 N–H and O–H groups in total. The van der Waals surface area contributed by atoms with Crippen molar-refractivity contribution in [3.8, 4) is 0 Å². The van der Waals surface area contributed by atoms with Gasteiger partial charge >= 0.3 is 0 Å². The predicted octanol–water partition coefficient (Wildman–Crippen LogP) is 2.25. The number of nitrogens with one attached hydrogen (secondary N) is 2. The monoisotopic (exact) mass is 506 g/mol. The Hall–Kier alpha value is -0.870. The molecular formula is C20H39IN6O. The molecule has 1 atom stereocenters. The second-order valence-electron chi connectivity index (χ2n) is 7.44. The Morgan fingerprint density at radius 1 is 1.25 bits per heavy atom. The van der Waals surface area contributed by atoms with E-state index in [0.717, 1.165) is 70.4 Å². The molecule has 0 amide bonds. The average Bonchev–Trinajstić information content (AvgIpc) is 2.88. The van der Waals surface area contributed by atoms with Crippen molar-refractivity contribution < 1.29 is 4.74 Å². The number of hydrogen-bond donors (Lipinski definition) is 2. The highest BCUT2D eigenvalue weighted by molar-refractivity contribution is 14.0. The van der Waals surface area contributed by atoms with Crippen LogP contribution in [0.1, 0.15) is 43.6 Å². The summed E-state index contributed by atoms with van der Waals surface area (Å²) in [6, 6.07) is 0.303. The average molecular weight is 506 g/mol. The summed E-state index contributed by atoms with van der Waals surface area (Å²) in [6.07, 6.45) is 3.25. The van der Waals surface area contributed by atoms with Gasteiger partial charge in [-0.15, -0.1) is 24.0 Å². The van der Waals surface area contributed by atoms with Gasteiger partial charge in [-0.1, -0.05) is 0 Å². The predicted molar refractivity (Wildman–Crippen MR) is 127 cm³/mol. The van der Waals surface area contributed by atoms with Crippen LogP contribution in [-0.2, 0) is 18.2 Å². The largest absolute Gasteiger partial charge is 0.379 e. The number of unbranched alkanes of at least 4 members (excludes halogenated alkanes) is 1. The molecule has 1 aromatic rings. The molecule has 1 aliphatic rings. The smallest absolute Gasteiger partial charge is 0.191 e. The van der Waals surface area contributed by atoms with Gasteiger partial charge in [0.05, 0.1) is 18.9 Å². The topological polar surface area (TPSA) is 66.7 Å². The van der Waals surface area contributed by atoms with Crippen LogP contribution in [0.3, 0.4) is 0 Å². The van der Waals surface area contributed by atoms with Gasteiger partial charge in [0.1, 0.15) is 0 Å². The fourth-order valence-electron chi connectivity index (χ4n) is 3.49. The molecule has 1 unspecified atom stereocenters. The number of aromatic nitrogens is 2. The molecule has 7 nitrogen and oxygen atoms in total. The highest BCUT2D eigenvalue weighted by atomic mass is 127. The molecule has 1 saturated heterocycles. The quantitative estimate of drug-likeness (QED) is 0.233. The lowest BCUT2D eigenvalue weighted by Crippen LogP contribution is -2.43. The van der Waals surface area contributed by atoms with E-state index in [4.69, 9.17) is 9.73 Å². The molecule has 0 aromatic carbocycles. The molecule has 0 bridgehead atoms. The van der Waals surface area contributed by atoms with E-state index in [1.165, 1.54) is 17.7 Å². The third kappa shape index (κ3) is 8.24. The minimum atomic E-state index is 0. The lowest BCUT2D eigenvalue weighted by Gasteiger charge is -2.26. The van der Waals surface area contributed by atoms with Crippen molar-refractivity contribution in [2.24, 2.45) is 12.0 Å². The summed E-state index contributed by atoms with van der Waals surface area (Å²) in [4.78, 5) is 7.24. The third-order valence-electron chi connectivity index (χ3n) is 5.15. The third-order valence-corrected chi connectivity index (χ3v) is 5.15. The molecule has 1 aromatic heterocycles.